The number of nitrogens with one attached hydrogen (secondary N) is 1. The van der Waals surface area contributed by atoms with E-state index in [9.17, 15) is 9.59 Å². The van der Waals surface area contributed by atoms with Crippen LogP contribution in [0.2, 0.25) is 0 Å². The molecule has 1 aromatic rings. The molecule has 102 valence electrons. The van der Waals surface area contributed by atoms with Crippen molar-refractivity contribution in [3.8, 4) is 0 Å². The van der Waals surface area contributed by atoms with Gasteiger partial charge in [0.25, 0.3) is 5.91 Å². The first-order valence-electron chi connectivity index (χ1n) is 6.09. The molecule has 1 unspecified atom stereocenters. The topological polar surface area (TPSA) is 84.4 Å². The Morgan fingerprint density at radius 2 is 2.37 bits per heavy atom. The molecule has 0 aliphatic carbocycles. The molecular weight excluding hydrogens is 248 g/mol. The summed E-state index contributed by atoms with van der Waals surface area (Å²) >= 11 is 0. The predicted molar refractivity (Wildman–Crippen MR) is 66.5 cm³/mol. The molecule has 1 aromatic heterocycles. The molecule has 1 fully saturated rings. The van der Waals surface area contributed by atoms with E-state index in [2.05, 4.69) is 15.3 Å². The van der Waals surface area contributed by atoms with Gasteiger partial charge < -0.3 is 15.0 Å². The van der Waals surface area contributed by atoms with Crippen LogP contribution in [-0.4, -0.2) is 52.1 Å². The minimum atomic E-state index is -0.339. The number of amides is 2. The second-order valence-corrected chi connectivity index (χ2v) is 4.55. The molecule has 19 heavy (non-hydrogen) atoms. The van der Waals surface area contributed by atoms with Gasteiger partial charge in [0.1, 0.15) is 11.8 Å². The first-order chi connectivity index (χ1) is 9.08. The number of hydrogen-bond donors (Lipinski definition) is 1. The van der Waals surface area contributed by atoms with E-state index in [1.165, 1.54) is 18.6 Å². The zero-order valence-electron chi connectivity index (χ0n) is 10.9. The number of nitrogens with zero attached hydrogens (tertiary/aromatic N) is 3. The quantitative estimate of drug-likeness (QED) is 0.852. The molecule has 1 aliphatic rings. The zero-order chi connectivity index (χ0) is 13.8. The van der Waals surface area contributed by atoms with Gasteiger partial charge in [0.2, 0.25) is 0 Å². The molecular formula is C12H16N4O3. The van der Waals surface area contributed by atoms with Crippen molar-refractivity contribution >= 4 is 12.0 Å². The van der Waals surface area contributed by atoms with E-state index in [4.69, 9.17) is 4.74 Å². The Morgan fingerprint density at radius 3 is 2.95 bits per heavy atom. The van der Waals surface area contributed by atoms with Gasteiger partial charge in [0.05, 0.1) is 19.3 Å². The normalized spacial score (nSPS) is 18.6. The summed E-state index contributed by atoms with van der Waals surface area (Å²) in [6.45, 7) is 4.59. The standard InChI is InChI=1S/C12H16N4O3/c1-8(2)16-7-9(19-12(16)18)5-15-11(17)10-6-13-3-4-14-10/h3-4,6,8-9H,5,7H2,1-2H3,(H,15,17). The fourth-order valence-corrected chi connectivity index (χ4v) is 1.78. The summed E-state index contributed by atoms with van der Waals surface area (Å²) in [6, 6.07) is 0.0909. The largest absolute Gasteiger partial charge is 0.442 e. The Hall–Kier alpha value is -2.18. The summed E-state index contributed by atoms with van der Waals surface area (Å²) in [5.41, 5.74) is 0.243. The van der Waals surface area contributed by atoms with E-state index in [1.54, 1.807) is 4.90 Å². The van der Waals surface area contributed by atoms with Gasteiger partial charge in [0.15, 0.2) is 0 Å². The van der Waals surface area contributed by atoms with Crippen molar-refractivity contribution in [2.75, 3.05) is 13.1 Å². The first-order valence-corrected chi connectivity index (χ1v) is 6.09. The van der Waals surface area contributed by atoms with Gasteiger partial charge in [-0.3, -0.25) is 9.78 Å². The van der Waals surface area contributed by atoms with E-state index in [0.717, 1.165) is 0 Å². The van der Waals surface area contributed by atoms with Crippen LogP contribution >= 0.6 is 0 Å². The highest BCUT2D eigenvalue weighted by molar-refractivity contribution is 5.91. The molecule has 2 heterocycles. The van der Waals surface area contributed by atoms with Crippen LogP contribution in [0.15, 0.2) is 18.6 Å². The number of cyclic esters (lactones) is 1. The number of carbonyl (C=O) groups excluding carboxylic acids is 2. The molecule has 1 N–H and O–H groups in total. The molecule has 2 rings (SSSR count). The summed E-state index contributed by atoms with van der Waals surface area (Å²) < 4.78 is 5.16. The number of carbonyl (C=O) groups is 2. The second kappa shape index (κ2) is 5.64. The fraction of sp³-hybridized carbons (Fsp3) is 0.500. The third-order valence-electron chi connectivity index (χ3n) is 2.81. The molecule has 1 atom stereocenters. The lowest BCUT2D eigenvalue weighted by Gasteiger charge is -2.16. The average molecular weight is 264 g/mol. The summed E-state index contributed by atoms with van der Waals surface area (Å²) in [5.74, 6) is -0.327. The minimum Gasteiger partial charge on any atom is -0.442 e. The van der Waals surface area contributed by atoms with Gasteiger partial charge >= 0.3 is 6.09 Å². The van der Waals surface area contributed by atoms with Gasteiger partial charge in [0, 0.05) is 18.4 Å². The van der Waals surface area contributed by atoms with Crippen LogP contribution in [0.5, 0.6) is 0 Å². The Bertz CT molecular complexity index is 463. The number of aromatic nitrogens is 2. The number of ether oxygens (including phenoxy) is 1. The van der Waals surface area contributed by atoms with Crippen molar-refractivity contribution in [1.82, 2.24) is 20.2 Å². The van der Waals surface area contributed by atoms with Crippen molar-refractivity contribution in [3.05, 3.63) is 24.3 Å². The van der Waals surface area contributed by atoms with Gasteiger partial charge in [-0.15, -0.1) is 0 Å². The monoisotopic (exact) mass is 264 g/mol. The van der Waals surface area contributed by atoms with Crippen LogP contribution in [0.1, 0.15) is 24.3 Å². The Labute approximate surface area is 111 Å². The SMILES string of the molecule is CC(C)N1CC(CNC(=O)c2cnccn2)OC1=O. The van der Waals surface area contributed by atoms with E-state index in [0.29, 0.717) is 6.54 Å². The molecule has 0 spiro atoms. The summed E-state index contributed by atoms with van der Waals surface area (Å²) in [6.07, 6.45) is 3.67. The van der Waals surface area contributed by atoms with Crippen molar-refractivity contribution in [1.29, 1.82) is 0 Å². The summed E-state index contributed by atoms with van der Waals surface area (Å²) in [7, 11) is 0. The maximum absolute atomic E-state index is 11.7. The molecule has 2 amide bonds. The summed E-state index contributed by atoms with van der Waals surface area (Å²) in [5, 5.41) is 2.68. The average Bonchev–Trinajstić information content (AvgIpc) is 2.78. The van der Waals surface area contributed by atoms with Crippen molar-refractivity contribution in [2.45, 2.75) is 26.0 Å². The lowest BCUT2D eigenvalue weighted by molar-refractivity contribution is 0.0909. The van der Waals surface area contributed by atoms with Crippen LogP contribution in [0.25, 0.3) is 0 Å². The van der Waals surface area contributed by atoms with Gasteiger partial charge in [-0.25, -0.2) is 9.78 Å². The lowest BCUT2D eigenvalue weighted by atomic mass is 10.3. The highest BCUT2D eigenvalue weighted by Crippen LogP contribution is 2.13. The van der Waals surface area contributed by atoms with Crippen molar-refractivity contribution in [3.63, 3.8) is 0 Å². The molecule has 1 saturated heterocycles. The van der Waals surface area contributed by atoms with Crippen LogP contribution in [0, 0.1) is 0 Å². The van der Waals surface area contributed by atoms with Crippen LogP contribution in [-0.2, 0) is 4.74 Å². The van der Waals surface area contributed by atoms with Gasteiger partial charge in [-0.2, -0.15) is 0 Å². The highest BCUT2D eigenvalue weighted by Gasteiger charge is 2.32. The maximum Gasteiger partial charge on any atom is 0.410 e. The van der Waals surface area contributed by atoms with E-state index < -0.39 is 0 Å². The third kappa shape index (κ3) is 3.18. The van der Waals surface area contributed by atoms with E-state index >= 15 is 0 Å². The Balaban J connectivity index is 1.84. The van der Waals surface area contributed by atoms with Crippen molar-refractivity contribution < 1.29 is 14.3 Å². The molecule has 7 nitrogen and oxygen atoms in total. The van der Waals surface area contributed by atoms with Crippen molar-refractivity contribution in [2.24, 2.45) is 0 Å². The molecule has 0 bridgehead atoms. The van der Waals surface area contributed by atoms with Crippen LogP contribution in [0.4, 0.5) is 4.79 Å². The molecule has 0 radical (unpaired) electrons. The van der Waals surface area contributed by atoms with Gasteiger partial charge in [-0.1, -0.05) is 0 Å². The minimum absolute atomic E-state index is 0.0909. The molecule has 7 heteroatoms. The Morgan fingerprint density at radius 1 is 1.58 bits per heavy atom. The molecule has 1 aliphatic heterocycles. The van der Waals surface area contributed by atoms with Gasteiger partial charge in [-0.05, 0) is 13.8 Å². The lowest BCUT2D eigenvalue weighted by Crippen LogP contribution is -2.36. The summed E-state index contributed by atoms with van der Waals surface area (Å²) in [4.78, 5) is 32.6. The number of hydrogen-bond acceptors (Lipinski definition) is 5. The highest BCUT2D eigenvalue weighted by atomic mass is 16.6. The second-order valence-electron chi connectivity index (χ2n) is 4.55. The maximum atomic E-state index is 11.7. The van der Waals surface area contributed by atoms with Crippen LogP contribution in [0.3, 0.4) is 0 Å². The van der Waals surface area contributed by atoms with Crippen LogP contribution < -0.4 is 5.32 Å². The Kier molecular flexibility index (Phi) is 3.94. The van der Waals surface area contributed by atoms with E-state index in [-0.39, 0.29) is 36.4 Å². The first kappa shape index (κ1) is 13.3. The molecule has 0 aromatic carbocycles. The smallest absolute Gasteiger partial charge is 0.410 e. The number of rotatable bonds is 4. The zero-order valence-corrected chi connectivity index (χ0v) is 10.9. The molecule has 0 saturated carbocycles. The predicted octanol–water partition coefficient (Wildman–Crippen LogP) is 0.436. The fourth-order valence-electron chi connectivity index (χ4n) is 1.78. The third-order valence-corrected chi connectivity index (χ3v) is 2.81. The van der Waals surface area contributed by atoms with E-state index in [1.807, 2.05) is 13.8 Å².